The van der Waals surface area contributed by atoms with E-state index in [1.54, 1.807) is 36.7 Å². The molecule has 1 aromatic heterocycles. The number of halogens is 1. The lowest BCUT2D eigenvalue weighted by Crippen LogP contribution is -2.57. The first kappa shape index (κ1) is 25.9. The molecule has 0 radical (unpaired) electrons. The Balaban J connectivity index is 1.54. The van der Waals surface area contributed by atoms with Gasteiger partial charge in [-0.3, -0.25) is 9.78 Å². The van der Waals surface area contributed by atoms with Gasteiger partial charge < -0.3 is 10.1 Å². The summed E-state index contributed by atoms with van der Waals surface area (Å²) in [5.74, 6) is 1.18. The Morgan fingerprint density at radius 3 is 2.47 bits per heavy atom. The Morgan fingerprint density at radius 2 is 1.83 bits per heavy atom. The van der Waals surface area contributed by atoms with Gasteiger partial charge in [0.15, 0.2) is 5.78 Å². The number of carbonyl (C=O) groups is 1. The molecule has 0 amide bonds. The van der Waals surface area contributed by atoms with E-state index in [1.165, 1.54) is 0 Å². The third-order valence-electron chi connectivity index (χ3n) is 6.69. The molecule has 0 atom stereocenters. The van der Waals surface area contributed by atoms with Crippen molar-refractivity contribution >= 4 is 17.4 Å². The van der Waals surface area contributed by atoms with E-state index in [4.69, 9.17) is 16.3 Å². The van der Waals surface area contributed by atoms with Crippen LogP contribution >= 0.6 is 11.6 Å². The van der Waals surface area contributed by atoms with Crippen LogP contribution in [0.25, 0.3) is 11.1 Å². The van der Waals surface area contributed by atoms with Gasteiger partial charge in [0, 0.05) is 46.6 Å². The molecule has 4 rings (SSSR count). The summed E-state index contributed by atoms with van der Waals surface area (Å²) < 4.78 is 6.08. The van der Waals surface area contributed by atoms with Crippen molar-refractivity contribution in [1.29, 1.82) is 5.26 Å². The summed E-state index contributed by atoms with van der Waals surface area (Å²) in [5.41, 5.74) is 3.59. The lowest BCUT2D eigenvalue weighted by molar-refractivity contribution is 0.0864. The molecule has 3 aromatic rings. The maximum atomic E-state index is 13.1. The number of nitrogens with zero attached hydrogens (tertiary/aromatic N) is 2. The number of carbonyl (C=O) groups excluding carboxylic acids is 1. The number of hydrogen-bond acceptors (Lipinski definition) is 5. The number of piperidine rings is 1. The summed E-state index contributed by atoms with van der Waals surface area (Å²) in [4.78, 5) is 17.3. The quantitative estimate of drug-likeness (QED) is 0.354. The van der Waals surface area contributed by atoms with Gasteiger partial charge in [-0.05, 0) is 89.3 Å². The van der Waals surface area contributed by atoms with E-state index in [-0.39, 0.29) is 16.9 Å². The summed E-state index contributed by atoms with van der Waals surface area (Å²) in [7, 11) is 0. The van der Waals surface area contributed by atoms with Crippen LogP contribution in [-0.2, 0) is 0 Å². The third kappa shape index (κ3) is 5.78. The molecule has 6 heteroatoms. The van der Waals surface area contributed by atoms with Gasteiger partial charge in [-0.1, -0.05) is 23.7 Å². The molecule has 0 aliphatic carbocycles. The topological polar surface area (TPSA) is 75.0 Å². The van der Waals surface area contributed by atoms with Gasteiger partial charge >= 0.3 is 0 Å². The molecule has 2 heterocycles. The van der Waals surface area contributed by atoms with Crippen molar-refractivity contribution in [3.8, 4) is 28.7 Å². The van der Waals surface area contributed by atoms with E-state index in [0.29, 0.717) is 40.0 Å². The number of hydrogen-bond donors (Lipinski definition) is 1. The number of rotatable bonds is 6. The minimum Gasteiger partial charge on any atom is -0.454 e. The van der Waals surface area contributed by atoms with Crippen molar-refractivity contribution in [2.75, 3.05) is 0 Å². The van der Waals surface area contributed by atoms with E-state index >= 15 is 0 Å². The highest BCUT2D eigenvalue weighted by atomic mass is 35.5. The van der Waals surface area contributed by atoms with E-state index in [2.05, 4.69) is 44.1 Å². The fraction of sp³-hybridized carbons (Fsp3) is 0.367. The number of benzene rings is 2. The Morgan fingerprint density at radius 1 is 1.11 bits per heavy atom. The van der Waals surface area contributed by atoms with Crippen molar-refractivity contribution in [3.05, 3.63) is 76.6 Å². The lowest BCUT2D eigenvalue weighted by Gasteiger charge is -2.46. The Kier molecular flexibility index (Phi) is 7.22. The zero-order valence-electron chi connectivity index (χ0n) is 21.5. The maximum Gasteiger partial charge on any atom is 0.163 e. The predicted molar refractivity (Wildman–Crippen MR) is 144 cm³/mol. The number of ketones is 1. The van der Waals surface area contributed by atoms with Crippen molar-refractivity contribution in [2.24, 2.45) is 5.92 Å². The van der Waals surface area contributed by atoms with Crippen LogP contribution in [0.1, 0.15) is 68.4 Å². The second-order valence-corrected chi connectivity index (χ2v) is 11.4. The highest BCUT2D eigenvalue weighted by Crippen LogP contribution is 2.38. The van der Waals surface area contributed by atoms with Gasteiger partial charge in [-0.15, -0.1) is 0 Å². The molecule has 0 bridgehead atoms. The number of aromatic nitrogens is 1. The molecule has 1 saturated heterocycles. The first-order valence-electron chi connectivity index (χ1n) is 12.2. The van der Waals surface area contributed by atoms with Crippen LogP contribution in [0.2, 0.25) is 5.02 Å². The minimum absolute atomic E-state index is 0.0105. The zero-order chi connectivity index (χ0) is 26.1. The number of nitrogens with one attached hydrogen (secondary N) is 1. The molecule has 0 saturated carbocycles. The standard InChI is InChI=1S/C30H32ClN3O2/c1-19-11-12-33-18-24(19)22-7-6-8-27(23(22)17-32)36-28-10-9-21(14-25(28)31)26(35)13-20-15-29(2,3)34-30(4,5)16-20/h6-12,14,18,20,34H,13,15-16H2,1-5H3. The van der Waals surface area contributed by atoms with Crippen LogP contribution in [0, 0.1) is 24.2 Å². The largest absolute Gasteiger partial charge is 0.454 e. The van der Waals surface area contributed by atoms with E-state index in [9.17, 15) is 10.1 Å². The van der Waals surface area contributed by atoms with Crippen LogP contribution in [0.4, 0.5) is 0 Å². The number of pyridine rings is 1. The normalized spacial score (nSPS) is 16.8. The fourth-order valence-corrected chi connectivity index (χ4v) is 5.85. The van der Waals surface area contributed by atoms with Crippen LogP contribution < -0.4 is 10.1 Å². The highest BCUT2D eigenvalue weighted by molar-refractivity contribution is 6.32. The van der Waals surface area contributed by atoms with E-state index in [0.717, 1.165) is 29.5 Å². The molecule has 1 aliphatic heterocycles. The van der Waals surface area contributed by atoms with Gasteiger partial charge in [0.2, 0.25) is 0 Å². The molecule has 36 heavy (non-hydrogen) atoms. The molecule has 186 valence electrons. The van der Waals surface area contributed by atoms with Gasteiger partial charge in [-0.25, -0.2) is 0 Å². The second-order valence-electron chi connectivity index (χ2n) is 11.0. The Labute approximate surface area is 218 Å². The Hall–Kier alpha value is -3.20. The average Bonchev–Trinajstić information content (AvgIpc) is 2.78. The number of ether oxygens (including phenoxy) is 1. The predicted octanol–water partition coefficient (Wildman–Crippen LogP) is 7.50. The van der Waals surface area contributed by atoms with Crippen molar-refractivity contribution < 1.29 is 9.53 Å². The fourth-order valence-electron chi connectivity index (χ4n) is 5.64. The summed E-state index contributed by atoms with van der Waals surface area (Å²) in [6.07, 6.45) is 5.84. The molecule has 2 aromatic carbocycles. The van der Waals surface area contributed by atoms with Crippen LogP contribution in [-0.4, -0.2) is 21.8 Å². The third-order valence-corrected chi connectivity index (χ3v) is 6.99. The molecule has 1 aliphatic rings. The molecule has 5 nitrogen and oxygen atoms in total. The van der Waals surface area contributed by atoms with Crippen molar-refractivity contribution in [1.82, 2.24) is 10.3 Å². The molecule has 0 unspecified atom stereocenters. The molecule has 0 spiro atoms. The summed E-state index contributed by atoms with van der Waals surface area (Å²) in [5, 5.41) is 13.9. The van der Waals surface area contributed by atoms with E-state index in [1.807, 2.05) is 25.1 Å². The van der Waals surface area contributed by atoms with Gasteiger partial charge in [0.25, 0.3) is 0 Å². The van der Waals surface area contributed by atoms with Crippen LogP contribution in [0.3, 0.4) is 0 Å². The Bertz CT molecular complexity index is 1320. The smallest absolute Gasteiger partial charge is 0.163 e. The van der Waals surface area contributed by atoms with Crippen LogP contribution in [0.15, 0.2) is 54.9 Å². The summed E-state index contributed by atoms with van der Waals surface area (Å²) in [6, 6.07) is 14.7. The number of nitriles is 1. The van der Waals surface area contributed by atoms with Gasteiger partial charge in [-0.2, -0.15) is 5.26 Å². The SMILES string of the molecule is Cc1ccncc1-c1cccc(Oc2ccc(C(=O)CC3CC(C)(C)NC(C)(C)C3)cc2Cl)c1C#N. The van der Waals surface area contributed by atoms with Crippen molar-refractivity contribution in [2.45, 2.75) is 65.0 Å². The minimum atomic E-state index is -0.0105. The second kappa shape index (κ2) is 10.0. The zero-order valence-corrected chi connectivity index (χ0v) is 22.2. The molecular weight excluding hydrogens is 470 g/mol. The number of aryl methyl sites for hydroxylation is 1. The van der Waals surface area contributed by atoms with Crippen molar-refractivity contribution in [3.63, 3.8) is 0 Å². The average molecular weight is 502 g/mol. The molecular formula is C30H32ClN3O2. The molecule has 1 N–H and O–H groups in total. The van der Waals surface area contributed by atoms with E-state index < -0.39 is 0 Å². The van der Waals surface area contributed by atoms with Gasteiger partial charge in [0.1, 0.15) is 23.1 Å². The maximum absolute atomic E-state index is 13.1. The first-order valence-corrected chi connectivity index (χ1v) is 12.6. The van der Waals surface area contributed by atoms with Crippen LogP contribution in [0.5, 0.6) is 11.5 Å². The molecule has 1 fully saturated rings. The summed E-state index contributed by atoms with van der Waals surface area (Å²) >= 11 is 6.55. The first-order chi connectivity index (χ1) is 17.0. The lowest BCUT2D eigenvalue weighted by atomic mass is 9.74. The number of Topliss-reactive ketones (excluding diaryl/α,β-unsaturated/α-hetero) is 1. The van der Waals surface area contributed by atoms with Gasteiger partial charge in [0.05, 0.1) is 5.02 Å². The highest BCUT2D eigenvalue weighted by Gasteiger charge is 2.38. The summed E-state index contributed by atoms with van der Waals surface area (Å²) in [6.45, 7) is 10.7. The monoisotopic (exact) mass is 501 g/mol.